The van der Waals surface area contributed by atoms with Gasteiger partial charge in [0, 0.05) is 12.1 Å². The van der Waals surface area contributed by atoms with Crippen LogP contribution in [-0.4, -0.2) is 28.1 Å². The van der Waals surface area contributed by atoms with E-state index in [-0.39, 0.29) is 5.15 Å². The summed E-state index contributed by atoms with van der Waals surface area (Å²) in [6.45, 7) is 1.70. The molecule has 0 spiro atoms. The van der Waals surface area contributed by atoms with Crippen LogP contribution in [0, 0.1) is 6.92 Å². The zero-order valence-electron chi connectivity index (χ0n) is 14.6. The number of carbonyl (C=O) groups is 1. The SMILES string of the molecule is COc1cccc(Oc2ccc(NC(=O)Nc3cnc(C)nc3Cl)cn2)c1. The monoisotopic (exact) mass is 385 g/mol. The lowest BCUT2D eigenvalue weighted by Crippen LogP contribution is -2.20. The molecule has 2 N–H and O–H groups in total. The second-order valence-electron chi connectivity index (χ2n) is 5.37. The molecule has 9 heteroatoms. The molecule has 3 rings (SSSR count). The van der Waals surface area contributed by atoms with Crippen LogP contribution in [0.5, 0.6) is 17.4 Å². The smallest absolute Gasteiger partial charge is 0.323 e. The number of nitrogens with one attached hydrogen (secondary N) is 2. The minimum Gasteiger partial charge on any atom is -0.497 e. The molecule has 0 unspecified atom stereocenters. The van der Waals surface area contributed by atoms with Gasteiger partial charge in [0.15, 0.2) is 5.15 Å². The third kappa shape index (κ3) is 5.05. The number of hydrogen-bond acceptors (Lipinski definition) is 6. The first-order valence-electron chi connectivity index (χ1n) is 7.88. The molecule has 0 aliphatic heterocycles. The minimum atomic E-state index is -0.493. The fourth-order valence-corrected chi connectivity index (χ4v) is 2.33. The van der Waals surface area contributed by atoms with E-state index in [4.69, 9.17) is 21.1 Å². The molecule has 0 aliphatic rings. The quantitative estimate of drug-likeness (QED) is 0.636. The number of aryl methyl sites for hydroxylation is 1. The van der Waals surface area contributed by atoms with Gasteiger partial charge in [-0.2, -0.15) is 0 Å². The van der Waals surface area contributed by atoms with Gasteiger partial charge in [0.1, 0.15) is 17.3 Å². The van der Waals surface area contributed by atoms with E-state index in [0.717, 1.165) is 0 Å². The number of amides is 2. The van der Waals surface area contributed by atoms with Crippen LogP contribution in [0.1, 0.15) is 5.82 Å². The van der Waals surface area contributed by atoms with Gasteiger partial charge in [-0.05, 0) is 25.1 Å². The lowest BCUT2D eigenvalue weighted by Gasteiger charge is -2.09. The summed E-state index contributed by atoms with van der Waals surface area (Å²) in [5.74, 6) is 2.17. The maximum Gasteiger partial charge on any atom is 0.323 e. The number of pyridine rings is 1. The van der Waals surface area contributed by atoms with Crippen molar-refractivity contribution in [3.05, 3.63) is 59.8 Å². The van der Waals surface area contributed by atoms with Gasteiger partial charge < -0.3 is 20.1 Å². The summed E-state index contributed by atoms with van der Waals surface area (Å²) in [6.07, 6.45) is 2.91. The van der Waals surface area contributed by atoms with Gasteiger partial charge in [-0.3, -0.25) is 0 Å². The predicted octanol–water partition coefficient (Wildman–Crippen LogP) is 4.28. The highest BCUT2D eigenvalue weighted by Crippen LogP contribution is 2.24. The number of ether oxygens (including phenoxy) is 2. The number of hydrogen-bond donors (Lipinski definition) is 2. The Labute approximate surface area is 160 Å². The third-order valence-electron chi connectivity index (χ3n) is 3.37. The number of halogens is 1. The number of aromatic nitrogens is 3. The summed E-state index contributed by atoms with van der Waals surface area (Å²) >= 11 is 5.96. The van der Waals surface area contributed by atoms with Crippen molar-refractivity contribution in [1.82, 2.24) is 15.0 Å². The second-order valence-corrected chi connectivity index (χ2v) is 5.72. The third-order valence-corrected chi connectivity index (χ3v) is 3.66. The molecule has 2 aromatic heterocycles. The summed E-state index contributed by atoms with van der Waals surface area (Å²) in [6, 6.07) is 9.97. The molecule has 0 saturated carbocycles. The molecule has 27 heavy (non-hydrogen) atoms. The van der Waals surface area contributed by atoms with Gasteiger partial charge in [-0.1, -0.05) is 17.7 Å². The van der Waals surface area contributed by atoms with Gasteiger partial charge in [0.05, 0.1) is 30.9 Å². The normalized spacial score (nSPS) is 10.2. The van der Waals surface area contributed by atoms with Crippen LogP contribution < -0.4 is 20.1 Å². The molecule has 1 aromatic carbocycles. The van der Waals surface area contributed by atoms with Crippen molar-refractivity contribution in [2.24, 2.45) is 0 Å². The highest BCUT2D eigenvalue weighted by Gasteiger charge is 2.08. The first-order valence-corrected chi connectivity index (χ1v) is 8.26. The van der Waals surface area contributed by atoms with Crippen molar-refractivity contribution in [1.29, 1.82) is 0 Å². The van der Waals surface area contributed by atoms with Crippen LogP contribution in [0.4, 0.5) is 16.2 Å². The minimum absolute atomic E-state index is 0.165. The Morgan fingerprint density at radius 2 is 1.89 bits per heavy atom. The Morgan fingerprint density at radius 1 is 1.07 bits per heavy atom. The molecular formula is C18H16ClN5O3. The van der Waals surface area contributed by atoms with E-state index in [1.807, 2.05) is 12.1 Å². The molecule has 0 atom stereocenters. The van der Waals surface area contributed by atoms with Crippen molar-refractivity contribution in [2.75, 3.05) is 17.7 Å². The highest BCUT2D eigenvalue weighted by atomic mass is 35.5. The molecule has 0 radical (unpaired) electrons. The van der Waals surface area contributed by atoms with Crippen LogP contribution >= 0.6 is 11.6 Å². The first-order chi connectivity index (χ1) is 13.0. The van der Waals surface area contributed by atoms with Crippen molar-refractivity contribution in [2.45, 2.75) is 6.92 Å². The Bertz CT molecular complexity index is 950. The van der Waals surface area contributed by atoms with E-state index in [9.17, 15) is 4.79 Å². The van der Waals surface area contributed by atoms with Crippen LogP contribution in [0.15, 0.2) is 48.8 Å². The molecule has 0 bridgehead atoms. The fourth-order valence-electron chi connectivity index (χ4n) is 2.11. The second kappa shape index (κ2) is 8.33. The van der Waals surface area contributed by atoms with E-state index in [1.165, 1.54) is 12.4 Å². The van der Waals surface area contributed by atoms with Crippen LogP contribution in [0.25, 0.3) is 0 Å². The highest BCUT2D eigenvalue weighted by molar-refractivity contribution is 6.32. The van der Waals surface area contributed by atoms with Crippen LogP contribution in [0.2, 0.25) is 5.15 Å². The number of benzene rings is 1. The van der Waals surface area contributed by atoms with Crippen LogP contribution in [0.3, 0.4) is 0 Å². The van der Waals surface area contributed by atoms with Gasteiger partial charge >= 0.3 is 6.03 Å². The summed E-state index contributed by atoms with van der Waals surface area (Å²) in [7, 11) is 1.58. The molecule has 0 fully saturated rings. The van der Waals surface area contributed by atoms with Gasteiger partial charge in [0.25, 0.3) is 0 Å². The molecule has 138 valence electrons. The Balaban J connectivity index is 1.60. The molecule has 8 nitrogen and oxygen atoms in total. The van der Waals surface area contributed by atoms with Gasteiger partial charge in [-0.15, -0.1) is 0 Å². The zero-order chi connectivity index (χ0) is 19.2. The van der Waals surface area contributed by atoms with Gasteiger partial charge in [0.2, 0.25) is 5.88 Å². The first kappa shape index (κ1) is 18.4. The van der Waals surface area contributed by atoms with Crippen molar-refractivity contribution in [3.63, 3.8) is 0 Å². The lowest BCUT2D eigenvalue weighted by molar-refractivity contribution is 0.262. The zero-order valence-corrected chi connectivity index (χ0v) is 15.3. The number of rotatable bonds is 5. The molecule has 0 saturated heterocycles. The molecule has 2 heterocycles. The molecule has 2 amide bonds. The van der Waals surface area contributed by atoms with Crippen molar-refractivity contribution in [3.8, 4) is 17.4 Å². The number of anilines is 2. The summed E-state index contributed by atoms with van der Waals surface area (Å²) < 4.78 is 10.8. The summed E-state index contributed by atoms with van der Waals surface area (Å²) in [4.78, 5) is 24.2. The van der Waals surface area contributed by atoms with Gasteiger partial charge in [-0.25, -0.2) is 19.7 Å². The Kier molecular flexibility index (Phi) is 5.68. The van der Waals surface area contributed by atoms with E-state index < -0.39 is 6.03 Å². The molecule has 0 aliphatic carbocycles. The van der Waals surface area contributed by atoms with Crippen LogP contribution in [-0.2, 0) is 0 Å². The number of methoxy groups -OCH3 is 1. The Morgan fingerprint density at radius 3 is 2.59 bits per heavy atom. The maximum absolute atomic E-state index is 12.1. The summed E-state index contributed by atoms with van der Waals surface area (Å²) in [5, 5.41) is 5.38. The van der Waals surface area contributed by atoms with E-state index in [2.05, 4.69) is 25.6 Å². The van der Waals surface area contributed by atoms with E-state index in [1.54, 1.807) is 38.3 Å². The average molecular weight is 386 g/mol. The molecule has 3 aromatic rings. The lowest BCUT2D eigenvalue weighted by atomic mass is 10.3. The topological polar surface area (TPSA) is 98.3 Å². The molecular weight excluding hydrogens is 370 g/mol. The fraction of sp³-hybridized carbons (Fsp3) is 0.111. The number of carbonyl (C=O) groups excluding carboxylic acids is 1. The Hall–Kier alpha value is -3.39. The summed E-state index contributed by atoms with van der Waals surface area (Å²) in [5.41, 5.74) is 0.792. The predicted molar refractivity (Wildman–Crippen MR) is 102 cm³/mol. The van der Waals surface area contributed by atoms with Crippen molar-refractivity contribution < 1.29 is 14.3 Å². The average Bonchev–Trinajstić information content (AvgIpc) is 2.66. The number of urea groups is 1. The number of nitrogens with zero attached hydrogens (tertiary/aromatic N) is 3. The van der Waals surface area contributed by atoms with Crippen molar-refractivity contribution >= 4 is 29.0 Å². The van der Waals surface area contributed by atoms with E-state index >= 15 is 0 Å². The largest absolute Gasteiger partial charge is 0.497 e. The maximum atomic E-state index is 12.1. The van der Waals surface area contributed by atoms with E-state index in [0.29, 0.717) is 34.6 Å². The standard InChI is InChI=1S/C18H16ClN5O3/c1-11-20-10-15(17(19)22-11)24-18(25)23-12-6-7-16(21-9-12)27-14-5-3-4-13(8-14)26-2/h3-10H,1-2H3,(H2,23,24,25).